The number of thiophene rings is 1. The van der Waals surface area contributed by atoms with Gasteiger partial charge in [0.1, 0.15) is 4.90 Å². The summed E-state index contributed by atoms with van der Waals surface area (Å²) in [7, 11) is -3.78. The highest BCUT2D eigenvalue weighted by Gasteiger charge is 2.28. The Kier molecular flexibility index (Phi) is 7.92. The molecule has 30 heavy (non-hydrogen) atoms. The molecule has 2 heterocycles. The van der Waals surface area contributed by atoms with Crippen LogP contribution in [0, 0.1) is 0 Å². The minimum atomic E-state index is -3.78. The number of rotatable bonds is 9. The van der Waals surface area contributed by atoms with Gasteiger partial charge in [-0.3, -0.25) is 4.79 Å². The average molecular weight is 471 g/mol. The Bertz CT molecular complexity index is 953. The van der Waals surface area contributed by atoms with Crippen molar-refractivity contribution in [1.29, 1.82) is 0 Å². The molecule has 1 fully saturated rings. The Hall–Kier alpha value is -1.45. The minimum Gasteiger partial charge on any atom is -0.376 e. The van der Waals surface area contributed by atoms with Crippen LogP contribution in [-0.4, -0.2) is 55.9 Å². The van der Waals surface area contributed by atoms with Crippen molar-refractivity contribution in [2.24, 2.45) is 0 Å². The molecule has 1 aromatic heterocycles. The fourth-order valence-electron chi connectivity index (χ4n) is 3.56. The summed E-state index contributed by atoms with van der Waals surface area (Å²) in [6.07, 6.45) is 1.90. The molecule has 0 bridgehead atoms. The van der Waals surface area contributed by atoms with Gasteiger partial charge >= 0.3 is 0 Å². The summed E-state index contributed by atoms with van der Waals surface area (Å²) < 4.78 is 33.1. The third-order valence-electron chi connectivity index (χ3n) is 5.16. The summed E-state index contributed by atoms with van der Waals surface area (Å²) in [6, 6.07) is 8.41. The Morgan fingerprint density at radius 1 is 1.27 bits per heavy atom. The second kappa shape index (κ2) is 10.2. The second-order valence-electron chi connectivity index (χ2n) is 7.13. The Morgan fingerprint density at radius 2 is 2.03 bits per heavy atom. The molecule has 0 saturated carbocycles. The smallest absolute Gasteiger partial charge is 0.254 e. The number of halogens is 1. The standard InChI is InChI=1S/C21H27ClN2O4S2/c1-3-24(4-2)30(26,27)20-13-16(9-10-19(20)22)21(25)23(14-17-7-5-11-28-17)15-18-8-6-12-29-18/h6,8-10,12-13,17H,3-5,7,11,14-15H2,1-2H3/t17-/m0/s1. The topological polar surface area (TPSA) is 66.9 Å². The summed E-state index contributed by atoms with van der Waals surface area (Å²) in [4.78, 5) is 16.1. The lowest BCUT2D eigenvalue weighted by atomic mass is 10.1. The first kappa shape index (κ1) is 23.2. The van der Waals surface area contributed by atoms with Gasteiger partial charge < -0.3 is 9.64 Å². The van der Waals surface area contributed by atoms with Crippen molar-refractivity contribution >= 4 is 38.9 Å². The first-order chi connectivity index (χ1) is 14.4. The maximum Gasteiger partial charge on any atom is 0.254 e. The molecule has 6 nitrogen and oxygen atoms in total. The minimum absolute atomic E-state index is 0.0000832. The van der Waals surface area contributed by atoms with Crippen LogP contribution >= 0.6 is 22.9 Å². The Balaban J connectivity index is 1.92. The molecule has 164 valence electrons. The van der Waals surface area contributed by atoms with Gasteiger partial charge in [-0.25, -0.2) is 8.42 Å². The van der Waals surface area contributed by atoms with Crippen LogP contribution in [0.2, 0.25) is 5.02 Å². The molecule has 3 rings (SSSR count). The van der Waals surface area contributed by atoms with Crippen LogP contribution in [0.15, 0.2) is 40.6 Å². The second-order valence-corrected chi connectivity index (χ2v) is 10.5. The van der Waals surface area contributed by atoms with Gasteiger partial charge in [-0.2, -0.15) is 4.31 Å². The van der Waals surface area contributed by atoms with E-state index in [-0.39, 0.29) is 21.9 Å². The summed E-state index contributed by atoms with van der Waals surface area (Å²) in [5.74, 6) is -0.230. The molecule has 0 aliphatic carbocycles. The van der Waals surface area contributed by atoms with E-state index in [4.69, 9.17) is 16.3 Å². The van der Waals surface area contributed by atoms with Crippen LogP contribution in [0.25, 0.3) is 0 Å². The maximum atomic E-state index is 13.4. The van der Waals surface area contributed by atoms with Crippen LogP contribution < -0.4 is 0 Å². The van der Waals surface area contributed by atoms with Crippen LogP contribution in [0.3, 0.4) is 0 Å². The quantitative estimate of drug-likeness (QED) is 0.549. The van der Waals surface area contributed by atoms with Crippen molar-refractivity contribution < 1.29 is 17.9 Å². The van der Waals surface area contributed by atoms with Gasteiger partial charge in [0.05, 0.1) is 17.7 Å². The van der Waals surface area contributed by atoms with E-state index in [9.17, 15) is 13.2 Å². The predicted octanol–water partition coefficient (Wildman–Crippen LogP) is 4.25. The van der Waals surface area contributed by atoms with Gasteiger partial charge in [-0.15, -0.1) is 11.3 Å². The van der Waals surface area contributed by atoms with Crippen molar-refractivity contribution in [3.05, 3.63) is 51.2 Å². The predicted molar refractivity (Wildman–Crippen MR) is 120 cm³/mol. The van der Waals surface area contributed by atoms with Crippen LogP contribution in [-0.2, 0) is 21.3 Å². The molecule has 0 radical (unpaired) electrons. The summed E-state index contributed by atoms with van der Waals surface area (Å²) in [5.41, 5.74) is 0.305. The van der Waals surface area contributed by atoms with E-state index in [0.29, 0.717) is 38.3 Å². The van der Waals surface area contributed by atoms with Crippen molar-refractivity contribution in [2.45, 2.75) is 44.2 Å². The lowest BCUT2D eigenvalue weighted by Gasteiger charge is -2.26. The van der Waals surface area contributed by atoms with Gasteiger partial charge in [-0.1, -0.05) is 31.5 Å². The van der Waals surface area contributed by atoms with Crippen molar-refractivity contribution in [3.8, 4) is 0 Å². The number of ether oxygens (including phenoxy) is 1. The molecule has 1 saturated heterocycles. The summed E-state index contributed by atoms with van der Waals surface area (Å²) >= 11 is 7.81. The third kappa shape index (κ3) is 5.23. The van der Waals surface area contributed by atoms with Crippen molar-refractivity contribution in [2.75, 3.05) is 26.2 Å². The number of benzene rings is 1. The first-order valence-corrected chi connectivity index (χ1v) is 12.8. The molecule has 1 amide bonds. The SMILES string of the molecule is CCN(CC)S(=O)(=O)c1cc(C(=O)N(Cc2cccs2)C[C@@H]2CCCO2)ccc1Cl. The zero-order valence-electron chi connectivity index (χ0n) is 17.2. The summed E-state index contributed by atoms with van der Waals surface area (Å²) in [6.45, 7) is 5.84. The molecule has 0 N–H and O–H groups in total. The maximum absolute atomic E-state index is 13.4. The normalized spacial score (nSPS) is 16.9. The highest BCUT2D eigenvalue weighted by molar-refractivity contribution is 7.89. The van der Waals surface area contributed by atoms with Crippen molar-refractivity contribution in [3.63, 3.8) is 0 Å². The number of nitrogens with zero attached hydrogens (tertiary/aromatic N) is 2. The average Bonchev–Trinajstić information content (AvgIpc) is 3.42. The number of hydrogen-bond donors (Lipinski definition) is 0. The van der Waals surface area contributed by atoms with E-state index >= 15 is 0 Å². The number of carbonyl (C=O) groups excluding carboxylic acids is 1. The summed E-state index contributed by atoms with van der Waals surface area (Å²) in [5, 5.41) is 2.09. The fraction of sp³-hybridized carbons (Fsp3) is 0.476. The first-order valence-electron chi connectivity index (χ1n) is 10.1. The molecule has 9 heteroatoms. The third-order valence-corrected chi connectivity index (χ3v) is 8.56. The van der Waals surface area contributed by atoms with E-state index < -0.39 is 10.0 Å². The number of amides is 1. The fourth-order valence-corrected chi connectivity index (χ4v) is 6.24. The van der Waals surface area contributed by atoms with Crippen LogP contribution in [0.5, 0.6) is 0 Å². The van der Waals surface area contributed by atoms with E-state index in [1.807, 2.05) is 17.5 Å². The van der Waals surface area contributed by atoms with E-state index in [1.165, 1.54) is 16.4 Å². The zero-order valence-corrected chi connectivity index (χ0v) is 19.6. The largest absolute Gasteiger partial charge is 0.376 e. The molecule has 1 aliphatic rings. The molecule has 1 atom stereocenters. The van der Waals surface area contributed by atoms with Gasteiger partial charge in [0.15, 0.2) is 0 Å². The highest BCUT2D eigenvalue weighted by Crippen LogP contribution is 2.27. The van der Waals surface area contributed by atoms with E-state index in [2.05, 4.69) is 0 Å². The lowest BCUT2D eigenvalue weighted by molar-refractivity contribution is 0.0509. The van der Waals surface area contributed by atoms with Crippen molar-refractivity contribution in [1.82, 2.24) is 9.21 Å². The molecule has 2 aromatic rings. The number of carbonyl (C=O) groups is 1. The van der Waals surface area contributed by atoms with Crippen LogP contribution in [0.4, 0.5) is 0 Å². The molecular weight excluding hydrogens is 444 g/mol. The van der Waals surface area contributed by atoms with E-state index in [1.54, 1.807) is 36.2 Å². The van der Waals surface area contributed by atoms with Gasteiger partial charge in [0.25, 0.3) is 5.91 Å². The Labute approximate surface area is 187 Å². The molecule has 1 aliphatic heterocycles. The molecule has 0 unspecified atom stereocenters. The van der Waals surface area contributed by atoms with E-state index in [0.717, 1.165) is 17.7 Å². The number of hydrogen-bond acceptors (Lipinski definition) is 5. The molecule has 1 aromatic carbocycles. The van der Waals surface area contributed by atoms with Gasteiger partial charge in [0, 0.05) is 36.7 Å². The monoisotopic (exact) mass is 470 g/mol. The Morgan fingerprint density at radius 3 is 2.63 bits per heavy atom. The lowest BCUT2D eigenvalue weighted by Crippen LogP contribution is -2.37. The van der Waals surface area contributed by atoms with Gasteiger partial charge in [0.2, 0.25) is 10.0 Å². The van der Waals surface area contributed by atoms with Crippen LogP contribution in [0.1, 0.15) is 41.9 Å². The molecular formula is C21H27ClN2O4S2. The van der Waals surface area contributed by atoms with Gasteiger partial charge in [-0.05, 0) is 42.5 Å². The highest BCUT2D eigenvalue weighted by atomic mass is 35.5. The number of sulfonamides is 1. The zero-order chi connectivity index (χ0) is 21.7. The molecule has 0 spiro atoms.